The van der Waals surface area contributed by atoms with Crippen LogP contribution in [-0.4, -0.2) is 50.7 Å². The highest BCUT2D eigenvalue weighted by molar-refractivity contribution is 6.99. The van der Waals surface area contributed by atoms with Crippen LogP contribution in [0.25, 0.3) is 0 Å². The minimum atomic E-state index is -2.81. The number of hydrogen-bond donors (Lipinski definition) is 1. The van der Waals surface area contributed by atoms with E-state index in [0.29, 0.717) is 0 Å². The Labute approximate surface area is 217 Å². The predicted octanol–water partition coefficient (Wildman–Crippen LogP) is 5.00. The van der Waals surface area contributed by atoms with Gasteiger partial charge < -0.3 is 24.0 Å². The standard InChI is InChI=1S/C29H43NO5Si/c1-21-25(34-29(8,9)33-21)24(30-26(31)35-27(2,3)4)20-32-36(28(5,6)7,22-16-12-10-13-17-22)23-18-14-11-15-19-23/h10-19,21,24-25H,20H2,1-9H3,(H,30,31). The molecule has 198 valence electrons. The molecule has 0 spiro atoms. The first-order valence-corrected chi connectivity index (χ1v) is 14.7. The summed E-state index contributed by atoms with van der Waals surface area (Å²) in [5, 5.41) is 5.21. The van der Waals surface area contributed by atoms with Gasteiger partial charge in [-0.25, -0.2) is 4.79 Å². The fraction of sp³-hybridized carbons (Fsp3) is 0.552. The third-order valence-electron chi connectivity index (χ3n) is 6.35. The molecule has 3 rings (SSSR count). The van der Waals surface area contributed by atoms with Crippen LogP contribution in [0.15, 0.2) is 60.7 Å². The zero-order valence-electron chi connectivity index (χ0n) is 23.3. The quantitative estimate of drug-likeness (QED) is 0.528. The van der Waals surface area contributed by atoms with E-state index >= 15 is 0 Å². The summed E-state index contributed by atoms with van der Waals surface area (Å²) < 4.78 is 25.0. The lowest BCUT2D eigenvalue weighted by Crippen LogP contribution is -2.68. The van der Waals surface area contributed by atoms with E-state index in [1.54, 1.807) is 0 Å². The molecule has 0 aromatic heterocycles. The van der Waals surface area contributed by atoms with Gasteiger partial charge in [0.2, 0.25) is 0 Å². The summed E-state index contributed by atoms with van der Waals surface area (Å²) in [5.74, 6) is -0.755. The lowest BCUT2D eigenvalue weighted by Gasteiger charge is -2.44. The van der Waals surface area contributed by atoms with E-state index in [4.69, 9.17) is 18.6 Å². The first-order valence-electron chi connectivity index (χ1n) is 12.7. The summed E-state index contributed by atoms with van der Waals surface area (Å²) in [6, 6.07) is 20.4. The number of hydrogen-bond acceptors (Lipinski definition) is 5. The lowest BCUT2D eigenvalue weighted by molar-refractivity contribution is -0.148. The smallest absolute Gasteiger partial charge is 0.408 e. The van der Waals surface area contributed by atoms with Gasteiger partial charge in [-0.05, 0) is 57.0 Å². The maximum atomic E-state index is 12.9. The highest BCUT2D eigenvalue weighted by Gasteiger charge is 2.52. The van der Waals surface area contributed by atoms with Crippen molar-refractivity contribution in [3.63, 3.8) is 0 Å². The molecular weight excluding hydrogens is 470 g/mol. The molecule has 0 radical (unpaired) electrons. The molecule has 1 fully saturated rings. The van der Waals surface area contributed by atoms with E-state index in [-0.39, 0.29) is 17.7 Å². The third-order valence-corrected chi connectivity index (χ3v) is 11.4. The van der Waals surface area contributed by atoms with Crippen LogP contribution in [0.4, 0.5) is 4.79 Å². The Morgan fingerprint density at radius 2 is 1.44 bits per heavy atom. The molecule has 2 aromatic carbocycles. The molecule has 1 amide bonds. The normalized spacial score (nSPS) is 21.1. The van der Waals surface area contributed by atoms with E-state index in [0.717, 1.165) is 0 Å². The van der Waals surface area contributed by atoms with Gasteiger partial charge >= 0.3 is 6.09 Å². The van der Waals surface area contributed by atoms with Crippen LogP contribution >= 0.6 is 0 Å². The molecule has 3 atom stereocenters. The van der Waals surface area contributed by atoms with Crippen molar-refractivity contribution in [2.75, 3.05) is 6.61 Å². The molecule has 3 unspecified atom stereocenters. The molecule has 1 N–H and O–H groups in total. The molecule has 7 heteroatoms. The first-order chi connectivity index (χ1) is 16.6. The van der Waals surface area contributed by atoms with Crippen LogP contribution in [0.2, 0.25) is 5.04 Å². The lowest BCUT2D eigenvalue weighted by atomic mass is 10.1. The van der Waals surface area contributed by atoms with Crippen molar-refractivity contribution in [1.82, 2.24) is 5.32 Å². The van der Waals surface area contributed by atoms with Crippen molar-refractivity contribution in [2.24, 2.45) is 0 Å². The van der Waals surface area contributed by atoms with Crippen LogP contribution in [0.5, 0.6) is 0 Å². The van der Waals surface area contributed by atoms with Crippen molar-refractivity contribution in [2.45, 2.75) is 97.0 Å². The van der Waals surface area contributed by atoms with E-state index in [9.17, 15) is 4.79 Å². The molecule has 0 aliphatic carbocycles. The van der Waals surface area contributed by atoms with Crippen molar-refractivity contribution < 1.29 is 23.4 Å². The first kappa shape index (κ1) is 28.4. The number of rotatable bonds is 7. The fourth-order valence-corrected chi connectivity index (χ4v) is 9.61. The molecule has 1 heterocycles. The third kappa shape index (κ3) is 6.57. The van der Waals surface area contributed by atoms with Crippen molar-refractivity contribution >= 4 is 24.8 Å². The predicted molar refractivity (Wildman–Crippen MR) is 146 cm³/mol. The van der Waals surface area contributed by atoms with Gasteiger partial charge in [0.1, 0.15) is 11.7 Å². The van der Waals surface area contributed by atoms with Gasteiger partial charge in [0.25, 0.3) is 8.32 Å². The second kappa shape index (κ2) is 10.7. The Bertz CT molecular complexity index is 958. The van der Waals surface area contributed by atoms with Crippen LogP contribution in [0.3, 0.4) is 0 Å². The van der Waals surface area contributed by atoms with Gasteiger partial charge in [-0.2, -0.15) is 0 Å². The fourth-order valence-electron chi connectivity index (χ4n) is 5.03. The number of carbonyl (C=O) groups excluding carboxylic acids is 1. The molecular formula is C29H43NO5Si. The zero-order chi connectivity index (χ0) is 26.8. The summed E-state index contributed by atoms with van der Waals surface area (Å²) in [6.07, 6.45) is -1.13. The van der Waals surface area contributed by atoms with Crippen LogP contribution < -0.4 is 15.7 Å². The van der Waals surface area contributed by atoms with E-state index in [1.165, 1.54) is 10.4 Å². The summed E-state index contributed by atoms with van der Waals surface area (Å²) in [7, 11) is -2.81. The Kier molecular flexibility index (Phi) is 8.40. The van der Waals surface area contributed by atoms with Gasteiger partial charge in [-0.15, -0.1) is 0 Å². The van der Waals surface area contributed by atoms with Crippen LogP contribution in [-0.2, 0) is 18.6 Å². The second-order valence-corrected chi connectivity index (χ2v) is 16.3. The number of ether oxygens (including phenoxy) is 3. The van der Waals surface area contributed by atoms with Crippen molar-refractivity contribution in [3.8, 4) is 0 Å². The van der Waals surface area contributed by atoms with Gasteiger partial charge in [0.05, 0.1) is 18.8 Å². The zero-order valence-corrected chi connectivity index (χ0v) is 24.3. The average Bonchev–Trinajstić information content (AvgIpc) is 3.04. The van der Waals surface area contributed by atoms with Crippen LogP contribution in [0, 0.1) is 0 Å². The highest BCUT2D eigenvalue weighted by Crippen LogP contribution is 2.37. The number of carbonyl (C=O) groups is 1. The van der Waals surface area contributed by atoms with Crippen molar-refractivity contribution in [1.29, 1.82) is 0 Å². The minimum Gasteiger partial charge on any atom is -0.444 e. The van der Waals surface area contributed by atoms with Crippen LogP contribution in [0.1, 0.15) is 62.3 Å². The Morgan fingerprint density at radius 3 is 1.83 bits per heavy atom. The van der Waals surface area contributed by atoms with Gasteiger partial charge in [-0.1, -0.05) is 81.4 Å². The highest BCUT2D eigenvalue weighted by atomic mass is 28.4. The number of benzene rings is 2. The van der Waals surface area contributed by atoms with Crippen molar-refractivity contribution in [3.05, 3.63) is 60.7 Å². The molecule has 0 bridgehead atoms. The molecule has 1 aliphatic heterocycles. The topological polar surface area (TPSA) is 66.0 Å². The molecule has 36 heavy (non-hydrogen) atoms. The molecule has 0 saturated carbocycles. The number of nitrogens with one attached hydrogen (secondary N) is 1. The Balaban J connectivity index is 2.02. The average molecular weight is 514 g/mol. The van der Waals surface area contributed by atoms with Gasteiger partial charge in [-0.3, -0.25) is 0 Å². The molecule has 1 aliphatic rings. The molecule has 6 nitrogen and oxygen atoms in total. The number of amides is 1. The monoisotopic (exact) mass is 513 g/mol. The Hall–Kier alpha value is -2.19. The SMILES string of the molecule is CC1OC(C)(C)OC1C(CO[Si](c1ccccc1)(c1ccccc1)C(C)(C)C)NC(=O)OC(C)(C)C. The molecule has 1 saturated heterocycles. The Morgan fingerprint density at radius 1 is 0.944 bits per heavy atom. The van der Waals surface area contributed by atoms with Gasteiger partial charge in [0, 0.05) is 0 Å². The van der Waals surface area contributed by atoms with E-state index in [2.05, 4.69) is 74.6 Å². The van der Waals surface area contributed by atoms with E-state index < -0.39 is 37.9 Å². The minimum absolute atomic E-state index is 0.190. The summed E-state index contributed by atoms with van der Waals surface area (Å²) in [4.78, 5) is 12.9. The summed E-state index contributed by atoms with van der Waals surface area (Å²) >= 11 is 0. The summed E-state index contributed by atoms with van der Waals surface area (Å²) in [6.45, 7) is 18.2. The van der Waals surface area contributed by atoms with E-state index in [1.807, 2.05) is 53.7 Å². The summed E-state index contributed by atoms with van der Waals surface area (Å²) in [5.41, 5.74) is -0.620. The maximum Gasteiger partial charge on any atom is 0.408 e. The second-order valence-electron chi connectivity index (χ2n) is 12.0. The number of alkyl carbamates (subject to hydrolysis) is 1. The molecule has 2 aromatic rings. The largest absolute Gasteiger partial charge is 0.444 e. The maximum absolute atomic E-state index is 12.9. The van der Waals surface area contributed by atoms with Gasteiger partial charge in [0.15, 0.2) is 5.79 Å².